The van der Waals surface area contributed by atoms with E-state index in [9.17, 15) is 19.8 Å². The highest BCUT2D eigenvalue weighted by Gasteiger charge is 2.28. The number of aryl methyl sites for hydroxylation is 1. The molecule has 0 unspecified atom stereocenters. The Morgan fingerprint density at radius 2 is 2.18 bits per heavy atom. The van der Waals surface area contributed by atoms with E-state index >= 15 is 0 Å². The van der Waals surface area contributed by atoms with E-state index in [1.807, 2.05) is 33.2 Å². The molecule has 1 amide bonds. The molecule has 3 atom stereocenters. The predicted octanol–water partition coefficient (Wildman–Crippen LogP) is 1.63. The highest BCUT2D eigenvalue weighted by atomic mass is 16.5. The van der Waals surface area contributed by atoms with Crippen molar-refractivity contribution in [2.24, 2.45) is 5.92 Å². The van der Waals surface area contributed by atoms with E-state index < -0.39 is 5.97 Å². The molecule has 0 radical (unpaired) electrons. The minimum Gasteiger partial charge on any atom is -0.478 e. The number of carbonyl (C=O) groups excluding carboxylic acids is 1. The van der Waals surface area contributed by atoms with E-state index in [2.05, 4.69) is 15.2 Å². The Kier molecular flexibility index (Phi) is 9.14. The first kappa shape index (κ1) is 25.8. The summed E-state index contributed by atoms with van der Waals surface area (Å²) < 4.78 is 8.01. The van der Waals surface area contributed by atoms with Crippen molar-refractivity contribution in [3.05, 3.63) is 47.3 Å². The second-order valence-corrected chi connectivity index (χ2v) is 9.18. The Labute approximate surface area is 200 Å². The van der Waals surface area contributed by atoms with Crippen molar-refractivity contribution >= 4 is 11.9 Å². The summed E-state index contributed by atoms with van der Waals surface area (Å²) in [7, 11) is 1.96. The fourth-order valence-electron chi connectivity index (χ4n) is 4.18. The number of carboxylic acids is 1. The van der Waals surface area contributed by atoms with Gasteiger partial charge in [-0.3, -0.25) is 14.4 Å². The summed E-state index contributed by atoms with van der Waals surface area (Å²) in [5.74, 6) is -0.959. The number of aromatic carboxylic acids is 1. The number of ether oxygens (including phenoxy) is 1. The number of aliphatic hydroxyl groups is 1. The van der Waals surface area contributed by atoms with Crippen LogP contribution >= 0.6 is 0 Å². The molecule has 2 N–H and O–H groups in total. The van der Waals surface area contributed by atoms with Crippen molar-refractivity contribution in [3.63, 3.8) is 0 Å². The average Bonchev–Trinajstić information content (AvgIpc) is 3.26. The van der Waals surface area contributed by atoms with Gasteiger partial charge in [-0.2, -0.15) is 0 Å². The zero-order chi connectivity index (χ0) is 24.7. The molecule has 186 valence electrons. The van der Waals surface area contributed by atoms with E-state index in [-0.39, 0.29) is 36.1 Å². The highest BCUT2D eigenvalue weighted by molar-refractivity contribution is 5.87. The summed E-state index contributed by atoms with van der Waals surface area (Å²) in [6.07, 6.45) is 2.64. The maximum Gasteiger partial charge on any atom is 0.335 e. The van der Waals surface area contributed by atoms with Gasteiger partial charge in [0.15, 0.2) is 0 Å². The van der Waals surface area contributed by atoms with E-state index in [0.29, 0.717) is 45.6 Å². The van der Waals surface area contributed by atoms with Gasteiger partial charge in [0.05, 0.1) is 37.1 Å². The van der Waals surface area contributed by atoms with Gasteiger partial charge in [-0.05, 0) is 38.1 Å². The molecule has 1 aliphatic rings. The number of rotatable bonds is 7. The lowest BCUT2D eigenvalue weighted by Crippen LogP contribution is -2.47. The smallest absolute Gasteiger partial charge is 0.335 e. The van der Waals surface area contributed by atoms with Crippen LogP contribution in [0.5, 0.6) is 0 Å². The quantitative estimate of drug-likeness (QED) is 0.623. The summed E-state index contributed by atoms with van der Waals surface area (Å²) in [6.45, 7) is 6.29. The van der Waals surface area contributed by atoms with Crippen LogP contribution in [0.25, 0.3) is 0 Å². The zero-order valence-electron chi connectivity index (χ0n) is 20.1. The second-order valence-electron chi connectivity index (χ2n) is 9.18. The number of hydrogen-bond acceptors (Lipinski definition) is 7. The number of hydrogen-bond donors (Lipinski definition) is 2. The number of fused-ring (bicyclic) bond motifs is 2. The molecular formula is C24H35N5O5. The molecule has 1 aromatic heterocycles. The van der Waals surface area contributed by atoms with Gasteiger partial charge in [0.25, 0.3) is 0 Å². The van der Waals surface area contributed by atoms with Crippen molar-refractivity contribution in [1.29, 1.82) is 0 Å². The van der Waals surface area contributed by atoms with Crippen LogP contribution in [0.1, 0.15) is 48.3 Å². The number of carboxylic acid groups (broad SMARTS) is 1. The van der Waals surface area contributed by atoms with Gasteiger partial charge in [-0.25, -0.2) is 4.79 Å². The molecule has 0 saturated heterocycles. The van der Waals surface area contributed by atoms with Crippen LogP contribution in [-0.2, 0) is 29.2 Å². The van der Waals surface area contributed by atoms with Gasteiger partial charge < -0.3 is 19.8 Å². The third-order valence-electron chi connectivity index (χ3n) is 6.16. The minimum absolute atomic E-state index is 0.00516. The number of amides is 1. The Balaban J connectivity index is 1.76. The molecule has 2 heterocycles. The number of nitrogens with zero attached hydrogens (tertiary/aromatic N) is 5. The van der Waals surface area contributed by atoms with E-state index in [4.69, 9.17) is 4.74 Å². The largest absolute Gasteiger partial charge is 0.478 e. The fraction of sp³-hybridized carbons (Fsp3) is 0.583. The number of aliphatic hydroxyl groups excluding tert-OH is 1. The normalized spacial score (nSPS) is 21.0. The van der Waals surface area contributed by atoms with E-state index in [1.54, 1.807) is 27.8 Å². The first-order valence-corrected chi connectivity index (χ1v) is 11.7. The van der Waals surface area contributed by atoms with Gasteiger partial charge in [0, 0.05) is 38.5 Å². The summed E-state index contributed by atoms with van der Waals surface area (Å²) in [5.41, 5.74) is 1.89. The molecule has 0 fully saturated rings. The summed E-state index contributed by atoms with van der Waals surface area (Å²) in [5, 5.41) is 27.3. The van der Waals surface area contributed by atoms with Crippen LogP contribution in [0, 0.1) is 5.92 Å². The van der Waals surface area contributed by atoms with Gasteiger partial charge in [-0.1, -0.05) is 24.3 Å². The Morgan fingerprint density at radius 3 is 2.91 bits per heavy atom. The Morgan fingerprint density at radius 1 is 1.38 bits per heavy atom. The Bertz CT molecular complexity index is 965. The second kappa shape index (κ2) is 12.0. The molecule has 10 heteroatoms. The third-order valence-corrected chi connectivity index (χ3v) is 6.16. The standard InChI is InChI=1S/C24H35N5O5/c1-17-11-29(18(2)15-30)23(31)8-5-9-28-13-21(25-26-28)16-34-22(17)14-27(3)12-19-6-4-7-20(10-19)24(32)33/h4,6-7,10,13,17-18,22,30H,5,8-9,11-12,14-16H2,1-3H3,(H,32,33)/t17-,18-,22+/m0/s1. The van der Waals surface area contributed by atoms with Gasteiger partial charge in [0.1, 0.15) is 5.69 Å². The summed E-state index contributed by atoms with van der Waals surface area (Å²) >= 11 is 0. The molecule has 3 rings (SSSR count). The summed E-state index contributed by atoms with van der Waals surface area (Å²) in [6, 6.07) is 6.62. The van der Waals surface area contributed by atoms with E-state index in [0.717, 1.165) is 11.3 Å². The maximum absolute atomic E-state index is 13.0. The van der Waals surface area contributed by atoms with Crippen molar-refractivity contribution in [3.8, 4) is 0 Å². The molecule has 1 aromatic carbocycles. The average molecular weight is 474 g/mol. The van der Waals surface area contributed by atoms with E-state index in [1.165, 1.54) is 0 Å². The first-order valence-electron chi connectivity index (χ1n) is 11.7. The van der Waals surface area contributed by atoms with Crippen LogP contribution in [0.4, 0.5) is 0 Å². The highest BCUT2D eigenvalue weighted by Crippen LogP contribution is 2.18. The number of carbonyl (C=O) groups is 2. The van der Waals surface area contributed by atoms with Crippen molar-refractivity contribution in [1.82, 2.24) is 24.8 Å². The van der Waals surface area contributed by atoms with Crippen LogP contribution in [0.2, 0.25) is 0 Å². The van der Waals surface area contributed by atoms with Gasteiger partial charge >= 0.3 is 5.97 Å². The SMILES string of the molecule is C[C@H]1CN([C@@H](C)CO)C(=O)CCCn2cc(nn2)CO[C@@H]1CN(C)Cc1cccc(C(=O)O)c1. The monoisotopic (exact) mass is 473 g/mol. The number of likely N-dealkylation sites (N-methyl/N-ethyl adjacent to an activating group) is 1. The lowest BCUT2D eigenvalue weighted by molar-refractivity contribution is -0.136. The molecular weight excluding hydrogens is 438 g/mol. The van der Waals surface area contributed by atoms with Crippen molar-refractivity contribution in [2.75, 3.05) is 26.7 Å². The molecule has 0 aliphatic carbocycles. The van der Waals surface area contributed by atoms with Gasteiger partial charge in [-0.15, -0.1) is 5.10 Å². The van der Waals surface area contributed by atoms with Gasteiger partial charge in [0.2, 0.25) is 5.91 Å². The Hall–Kier alpha value is -2.82. The van der Waals surface area contributed by atoms with Crippen molar-refractivity contribution in [2.45, 2.75) is 58.5 Å². The molecule has 2 bridgehead atoms. The fourth-order valence-corrected chi connectivity index (χ4v) is 4.18. The topological polar surface area (TPSA) is 121 Å². The molecule has 10 nitrogen and oxygen atoms in total. The van der Waals surface area contributed by atoms with Crippen LogP contribution in [0.15, 0.2) is 30.5 Å². The molecule has 34 heavy (non-hydrogen) atoms. The van der Waals surface area contributed by atoms with Crippen LogP contribution < -0.4 is 0 Å². The zero-order valence-corrected chi connectivity index (χ0v) is 20.1. The number of benzene rings is 1. The van der Waals surface area contributed by atoms with Crippen LogP contribution in [0.3, 0.4) is 0 Å². The molecule has 2 aromatic rings. The maximum atomic E-state index is 13.0. The minimum atomic E-state index is -0.951. The van der Waals surface area contributed by atoms with Crippen molar-refractivity contribution < 1.29 is 24.5 Å². The molecule has 0 saturated carbocycles. The number of aromatic nitrogens is 3. The lowest BCUT2D eigenvalue weighted by atomic mass is 10.0. The summed E-state index contributed by atoms with van der Waals surface area (Å²) in [4.78, 5) is 28.1. The third kappa shape index (κ3) is 7.09. The van der Waals surface area contributed by atoms with Crippen LogP contribution in [-0.4, -0.2) is 85.8 Å². The molecule has 1 aliphatic heterocycles. The molecule has 0 spiro atoms. The lowest BCUT2D eigenvalue weighted by Gasteiger charge is -2.35. The first-order chi connectivity index (χ1) is 16.3. The predicted molar refractivity (Wildman–Crippen MR) is 125 cm³/mol.